The first kappa shape index (κ1) is 73.1. The summed E-state index contributed by atoms with van der Waals surface area (Å²) in [7, 11) is 0. The van der Waals surface area contributed by atoms with Crippen LogP contribution in [0, 0.1) is 0 Å². The lowest BCUT2D eigenvalue weighted by molar-refractivity contribution is 0.590. The summed E-state index contributed by atoms with van der Waals surface area (Å²) in [6.45, 7) is 21.1. The van der Waals surface area contributed by atoms with Gasteiger partial charge in [0.15, 0.2) is 0 Å². The number of hydrogen-bond donors (Lipinski definition) is 0. The molecular formula is C114H89BN2OS. The molecule has 19 aromatic rings. The Labute approximate surface area is 702 Å². The molecule has 119 heavy (non-hydrogen) atoms. The fourth-order valence-electron chi connectivity index (χ4n) is 18.8. The zero-order valence-corrected chi connectivity index (χ0v) is 69.4. The predicted molar refractivity (Wildman–Crippen MR) is 511 cm³/mol. The Balaban J connectivity index is 0.953. The summed E-state index contributed by atoms with van der Waals surface area (Å²) < 4.78 is 9.53. The van der Waals surface area contributed by atoms with Gasteiger partial charge in [-0.25, -0.2) is 0 Å². The van der Waals surface area contributed by atoms with E-state index in [4.69, 9.17) is 4.42 Å². The van der Waals surface area contributed by atoms with Gasteiger partial charge in [0, 0.05) is 75.9 Å². The van der Waals surface area contributed by atoms with Gasteiger partial charge in [0.05, 0.1) is 11.4 Å². The Kier molecular flexibility index (Phi) is 17.6. The summed E-state index contributed by atoms with van der Waals surface area (Å²) in [5, 5.41) is 4.67. The lowest BCUT2D eigenvalue weighted by Crippen LogP contribution is -2.61. The number of fused-ring (bicyclic) bond motifs is 10. The van der Waals surface area contributed by atoms with Crippen LogP contribution in [0.25, 0.3) is 153 Å². The van der Waals surface area contributed by atoms with Crippen molar-refractivity contribution in [1.82, 2.24) is 0 Å². The molecule has 0 spiro atoms. The van der Waals surface area contributed by atoms with E-state index >= 15 is 0 Å². The van der Waals surface area contributed by atoms with E-state index in [1.165, 1.54) is 81.1 Å². The molecule has 0 fully saturated rings. The highest BCUT2D eigenvalue weighted by Gasteiger charge is 2.47. The number of furan rings is 1. The minimum Gasteiger partial charge on any atom is -0.456 e. The molecule has 0 N–H and O–H groups in total. The van der Waals surface area contributed by atoms with E-state index in [1.54, 1.807) is 0 Å². The van der Waals surface area contributed by atoms with Crippen molar-refractivity contribution >= 4 is 111 Å². The molecule has 0 saturated heterocycles. The van der Waals surface area contributed by atoms with Crippen LogP contribution in [0.4, 0.5) is 34.1 Å². The van der Waals surface area contributed by atoms with Gasteiger partial charge in [-0.1, -0.05) is 329 Å². The first-order chi connectivity index (χ1) is 57.9. The number of hydrogen-bond acceptors (Lipinski definition) is 4. The SMILES string of the molecule is CC(C)(C)c1cc(-c2ccccc2)c(N2c3cc(-c4cc(-c5ccccc5)cc(-c5ccccc5)c4)ccc3B3c4cc(-c5cc(-c6ccccc6)cc(-c6ccccc6)c5)ccc4N(c4c(-c5cccc6oc7ccccc7c56)cc(C(C)(C)C)cc4-c4cccc5sc6ccccc6c45)c4cc(C(C)(C)C)cc2c43)c(-c2ccccc2)c1. The van der Waals surface area contributed by atoms with Gasteiger partial charge in [0.1, 0.15) is 11.2 Å². The van der Waals surface area contributed by atoms with Gasteiger partial charge in [0.25, 0.3) is 6.71 Å². The molecule has 570 valence electrons. The van der Waals surface area contributed by atoms with Crippen LogP contribution in [0.2, 0.25) is 0 Å². The molecule has 0 atom stereocenters. The van der Waals surface area contributed by atoms with Crippen LogP contribution in [-0.2, 0) is 16.2 Å². The minimum atomic E-state index is -0.387. The monoisotopic (exact) mass is 1540 g/mol. The maximum Gasteiger partial charge on any atom is 0.252 e. The smallest absolute Gasteiger partial charge is 0.252 e. The second-order valence-corrected chi connectivity index (χ2v) is 36.6. The topological polar surface area (TPSA) is 19.6 Å². The zero-order chi connectivity index (χ0) is 80.6. The summed E-state index contributed by atoms with van der Waals surface area (Å²) in [6, 6.07) is 143. The maximum absolute atomic E-state index is 7.02. The van der Waals surface area contributed by atoms with Gasteiger partial charge in [-0.15, -0.1) is 11.3 Å². The number of benzene rings is 17. The highest BCUT2D eigenvalue weighted by Crippen LogP contribution is 2.58. The van der Waals surface area contributed by atoms with Crippen LogP contribution >= 0.6 is 11.3 Å². The number of para-hydroxylation sites is 1. The summed E-state index contributed by atoms with van der Waals surface area (Å²) in [5.74, 6) is 0. The quantitative estimate of drug-likeness (QED) is 0.114. The average Bonchev–Trinajstić information content (AvgIpc) is 0.794. The predicted octanol–water partition coefficient (Wildman–Crippen LogP) is 30.6. The van der Waals surface area contributed by atoms with E-state index in [1.807, 2.05) is 11.3 Å². The number of rotatable bonds is 12. The average molecular weight is 1550 g/mol. The molecule has 21 rings (SSSR count). The molecule has 0 bridgehead atoms. The van der Waals surface area contributed by atoms with Crippen LogP contribution in [0.3, 0.4) is 0 Å². The highest BCUT2D eigenvalue weighted by atomic mass is 32.1. The Morgan fingerprint density at radius 3 is 1.10 bits per heavy atom. The lowest BCUT2D eigenvalue weighted by Gasteiger charge is -2.47. The third-order valence-corrected chi connectivity index (χ3v) is 26.0. The number of nitrogens with zero attached hydrogens (tertiary/aromatic N) is 2. The van der Waals surface area contributed by atoms with Crippen LogP contribution in [-0.4, -0.2) is 6.71 Å². The van der Waals surface area contributed by atoms with Gasteiger partial charge in [-0.05, 0) is 248 Å². The van der Waals surface area contributed by atoms with Gasteiger partial charge >= 0.3 is 0 Å². The van der Waals surface area contributed by atoms with Crippen molar-refractivity contribution in [2.75, 3.05) is 9.80 Å². The Hall–Kier alpha value is -13.6. The Morgan fingerprint density at radius 1 is 0.235 bits per heavy atom. The van der Waals surface area contributed by atoms with Gasteiger partial charge in [-0.2, -0.15) is 0 Å². The second-order valence-electron chi connectivity index (χ2n) is 35.5. The largest absolute Gasteiger partial charge is 0.456 e. The van der Waals surface area contributed by atoms with E-state index in [0.717, 1.165) is 140 Å². The summed E-state index contributed by atoms with van der Waals surface area (Å²) in [4.78, 5) is 5.52. The maximum atomic E-state index is 7.02. The molecule has 17 aromatic carbocycles. The van der Waals surface area contributed by atoms with Crippen LogP contribution in [0.5, 0.6) is 0 Å². The summed E-state index contributed by atoms with van der Waals surface area (Å²) >= 11 is 1.88. The van der Waals surface area contributed by atoms with Gasteiger partial charge in [-0.3, -0.25) is 0 Å². The van der Waals surface area contributed by atoms with Crippen LogP contribution in [0.15, 0.2) is 381 Å². The molecule has 0 unspecified atom stereocenters. The number of thiophene rings is 1. The van der Waals surface area contributed by atoms with E-state index in [2.05, 4.69) is 448 Å². The molecule has 2 aliphatic rings. The third kappa shape index (κ3) is 12.8. The zero-order valence-electron chi connectivity index (χ0n) is 68.6. The van der Waals surface area contributed by atoms with E-state index in [9.17, 15) is 0 Å². The van der Waals surface area contributed by atoms with E-state index < -0.39 is 0 Å². The molecule has 2 aliphatic heterocycles. The van der Waals surface area contributed by atoms with Crippen molar-refractivity contribution < 1.29 is 4.42 Å². The molecule has 4 heterocycles. The second kappa shape index (κ2) is 28.7. The molecule has 0 amide bonds. The standard InChI is InChI=1S/C114H89BN2OS/c1-112(2,3)86-66-93(76-42-24-14-25-43-76)110(94(67-86)77-44-26-15-27-45-77)117-100-65-79(85-62-82(74-38-20-12-21-39-74)59-83(63-85)75-40-22-13-23-41-75)54-56-97(100)115-98-64-78(84-60-80(72-34-16-10-17-35-72)58-81(61-84)73-36-18-11-19-37-73)55-57-99(98)116(101-70-88(114(7,8)9)71-102(117)109(101)115)111-95(89-48-32-51-104-107(89)91-46-28-30-50-103(91)118-104)68-87(113(4,5)6)69-96(111)90-49-33-53-106-108(90)92-47-29-31-52-105(92)119-106/h10-71H,1-9H3. The van der Waals surface area contributed by atoms with E-state index in [0.29, 0.717) is 0 Å². The van der Waals surface area contributed by atoms with Crippen molar-refractivity contribution in [1.29, 1.82) is 0 Å². The van der Waals surface area contributed by atoms with Crippen LogP contribution in [0.1, 0.15) is 79.0 Å². The molecular weight excluding hydrogens is 1460 g/mol. The van der Waals surface area contributed by atoms with Gasteiger partial charge < -0.3 is 14.2 Å². The van der Waals surface area contributed by atoms with Gasteiger partial charge in [0.2, 0.25) is 0 Å². The third-order valence-electron chi connectivity index (χ3n) is 24.8. The highest BCUT2D eigenvalue weighted by molar-refractivity contribution is 7.26. The molecule has 3 nitrogen and oxygen atoms in total. The summed E-state index contributed by atoms with van der Waals surface area (Å²) in [6.07, 6.45) is 0. The fourth-order valence-corrected chi connectivity index (χ4v) is 19.9. The van der Waals surface area contributed by atoms with Crippen molar-refractivity contribution in [2.24, 2.45) is 0 Å². The molecule has 0 radical (unpaired) electrons. The molecule has 0 saturated carbocycles. The van der Waals surface area contributed by atoms with Crippen LogP contribution < -0.4 is 26.2 Å². The van der Waals surface area contributed by atoms with E-state index in [-0.39, 0.29) is 23.0 Å². The Bertz CT molecular complexity index is 6890. The normalized spacial score (nSPS) is 12.7. The summed E-state index contributed by atoms with van der Waals surface area (Å²) in [5.41, 5.74) is 37.8. The fraction of sp³-hybridized carbons (Fsp3) is 0.105. The first-order valence-corrected chi connectivity index (χ1v) is 42.6. The lowest BCUT2D eigenvalue weighted by atomic mass is 9.33. The first-order valence-electron chi connectivity index (χ1n) is 41.8. The molecule has 5 heteroatoms. The Morgan fingerprint density at radius 2 is 0.605 bits per heavy atom. The van der Waals surface area contributed by atoms with Crippen molar-refractivity contribution in [3.05, 3.63) is 393 Å². The van der Waals surface area contributed by atoms with Crippen molar-refractivity contribution in [2.45, 2.75) is 78.6 Å². The van der Waals surface area contributed by atoms with Crippen molar-refractivity contribution in [3.8, 4) is 111 Å². The van der Waals surface area contributed by atoms with Crippen molar-refractivity contribution in [3.63, 3.8) is 0 Å². The minimum absolute atomic E-state index is 0.232. The number of anilines is 6. The molecule has 2 aromatic heterocycles. The molecule has 0 aliphatic carbocycles.